The zero-order valence-electron chi connectivity index (χ0n) is 9.79. The molecule has 1 saturated heterocycles. The van der Waals surface area contributed by atoms with Crippen LogP contribution in [-0.2, 0) is 5.41 Å². The van der Waals surface area contributed by atoms with Crippen molar-refractivity contribution < 1.29 is 0 Å². The monoisotopic (exact) mass is 203 g/mol. The van der Waals surface area contributed by atoms with Gasteiger partial charge in [0.1, 0.15) is 0 Å². The van der Waals surface area contributed by atoms with E-state index in [2.05, 4.69) is 49.5 Å². The van der Waals surface area contributed by atoms with Crippen LogP contribution >= 0.6 is 0 Å². The van der Waals surface area contributed by atoms with Crippen LogP contribution in [0.2, 0.25) is 0 Å². The molecule has 0 amide bonds. The van der Waals surface area contributed by atoms with Gasteiger partial charge in [0.2, 0.25) is 0 Å². The number of hydrogen-bond acceptors (Lipinski definition) is 1. The van der Waals surface area contributed by atoms with Crippen LogP contribution in [0.1, 0.15) is 32.3 Å². The second-order valence-corrected chi connectivity index (χ2v) is 4.73. The molecule has 0 aliphatic carbocycles. The summed E-state index contributed by atoms with van der Waals surface area (Å²) in [4.78, 5) is 0. The standard InChI is InChI=1S/C14H21N/c1-3-14(9-10-15-11-12(14)2)13-7-5-4-6-8-13/h4-8,12,15H,3,9-11H2,1-2H3. The van der Waals surface area contributed by atoms with Gasteiger partial charge in [0.25, 0.3) is 0 Å². The third-order valence-corrected chi connectivity index (χ3v) is 4.12. The fourth-order valence-electron chi connectivity index (χ4n) is 3.00. The normalized spacial score (nSPS) is 31.5. The minimum Gasteiger partial charge on any atom is -0.316 e. The highest BCUT2D eigenvalue weighted by Gasteiger charge is 2.37. The van der Waals surface area contributed by atoms with Crippen molar-refractivity contribution in [1.29, 1.82) is 0 Å². The van der Waals surface area contributed by atoms with Gasteiger partial charge >= 0.3 is 0 Å². The molecule has 1 aliphatic rings. The van der Waals surface area contributed by atoms with Gasteiger partial charge in [0.15, 0.2) is 0 Å². The molecule has 2 atom stereocenters. The predicted molar refractivity (Wildman–Crippen MR) is 65.1 cm³/mol. The molecule has 15 heavy (non-hydrogen) atoms. The van der Waals surface area contributed by atoms with E-state index >= 15 is 0 Å². The fourth-order valence-corrected chi connectivity index (χ4v) is 3.00. The minimum absolute atomic E-state index is 0.409. The SMILES string of the molecule is CCC1(c2ccccc2)CCNCC1C. The topological polar surface area (TPSA) is 12.0 Å². The summed E-state index contributed by atoms with van der Waals surface area (Å²) in [7, 11) is 0. The van der Waals surface area contributed by atoms with E-state index in [4.69, 9.17) is 0 Å². The first-order valence-corrected chi connectivity index (χ1v) is 6.06. The van der Waals surface area contributed by atoms with Gasteiger partial charge in [-0.25, -0.2) is 0 Å². The lowest BCUT2D eigenvalue weighted by Gasteiger charge is -2.43. The third kappa shape index (κ3) is 1.81. The van der Waals surface area contributed by atoms with Crippen LogP contribution in [0.4, 0.5) is 0 Å². The highest BCUT2D eigenvalue weighted by molar-refractivity contribution is 5.27. The first kappa shape index (κ1) is 10.7. The number of hydrogen-bond donors (Lipinski definition) is 1. The molecule has 1 aromatic carbocycles. The lowest BCUT2D eigenvalue weighted by molar-refractivity contribution is 0.208. The van der Waals surface area contributed by atoms with E-state index < -0.39 is 0 Å². The van der Waals surface area contributed by atoms with Crippen molar-refractivity contribution in [2.24, 2.45) is 5.92 Å². The average molecular weight is 203 g/mol. The van der Waals surface area contributed by atoms with Crippen molar-refractivity contribution in [3.8, 4) is 0 Å². The van der Waals surface area contributed by atoms with E-state index in [1.54, 1.807) is 0 Å². The molecule has 0 spiro atoms. The maximum Gasteiger partial charge on any atom is 0.0000114 e. The molecular weight excluding hydrogens is 182 g/mol. The van der Waals surface area contributed by atoms with E-state index in [-0.39, 0.29) is 0 Å². The Balaban J connectivity index is 2.35. The first-order chi connectivity index (χ1) is 7.29. The van der Waals surface area contributed by atoms with Crippen LogP contribution in [0.5, 0.6) is 0 Å². The Morgan fingerprint density at radius 3 is 2.67 bits per heavy atom. The molecular formula is C14H21N. The third-order valence-electron chi connectivity index (χ3n) is 4.12. The Bertz CT molecular complexity index is 306. The van der Waals surface area contributed by atoms with Crippen molar-refractivity contribution in [3.63, 3.8) is 0 Å². The van der Waals surface area contributed by atoms with Crippen LogP contribution in [0.25, 0.3) is 0 Å². The number of piperidine rings is 1. The van der Waals surface area contributed by atoms with Crippen LogP contribution < -0.4 is 5.32 Å². The summed E-state index contributed by atoms with van der Waals surface area (Å²) < 4.78 is 0. The average Bonchev–Trinajstić information content (AvgIpc) is 2.31. The Kier molecular flexibility index (Phi) is 3.11. The molecule has 1 heteroatoms. The maximum atomic E-state index is 3.49. The zero-order chi connectivity index (χ0) is 10.7. The molecule has 1 fully saturated rings. The molecule has 0 aromatic heterocycles. The second-order valence-electron chi connectivity index (χ2n) is 4.73. The lowest BCUT2D eigenvalue weighted by Crippen LogP contribution is -2.46. The Morgan fingerprint density at radius 2 is 2.07 bits per heavy atom. The summed E-state index contributed by atoms with van der Waals surface area (Å²) in [5.41, 5.74) is 1.94. The summed E-state index contributed by atoms with van der Waals surface area (Å²) in [6.45, 7) is 7.02. The van der Waals surface area contributed by atoms with Gasteiger partial charge in [-0.1, -0.05) is 44.2 Å². The molecule has 1 heterocycles. The summed E-state index contributed by atoms with van der Waals surface area (Å²) in [5, 5.41) is 3.49. The van der Waals surface area contributed by atoms with E-state index in [1.807, 2.05) is 0 Å². The first-order valence-electron chi connectivity index (χ1n) is 6.06. The largest absolute Gasteiger partial charge is 0.316 e. The molecule has 2 rings (SSSR count). The number of nitrogens with one attached hydrogen (secondary N) is 1. The highest BCUT2D eigenvalue weighted by atomic mass is 14.9. The quantitative estimate of drug-likeness (QED) is 0.779. The van der Waals surface area contributed by atoms with E-state index in [0.29, 0.717) is 5.41 Å². The summed E-state index contributed by atoms with van der Waals surface area (Å²) in [5.74, 6) is 0.735. The van der Waals surface area contributed by atoms with Crippen LogP contribution in [0.15, 0.2) is 30.3 Å². The van der Waals surface area contributed by atoms with Crippen molar-refractivity contribution in [1.82, 2.24) is 5.32 Å². The number of rotatable bonds is 2. The molecule has 82 valence electrons. The minimum atomic E-state index is 0.409. The van der Waals surface area contributed by atoms with Crippen molar-refractivity contribution in [2.45, 2.75) is 32.1 Å². The Labute approximate surface area is 92.9 Å². The van der Waals surface area contributed by atoms with Crippen molar-refractivity contribution in [2.75, 3.05) is 13.1 Å². The Morgan fingerprint density at radius 1 is 1.33 bits per heavy atom. The number of benzene rings is 1. The van der Waals surface area contributed by atoms with Gasteiger partial charge in [-0.15, -0.1) is 0 Å². The summed E-state index contributed by atoms with van der Waals surface area (Å²) in [6.07, 6.45) is 2.52. The fraction of sp³-hybridized carbons (Fsp3) is 0.571. The van der Waals surface area contributed by atoms with Crippen molar-refractivity contribution >= 4 is 0 Å². The van der Waals surface area contributed by atoms with Gasteiger partial charge in [-0.05, 0) is 37.4 Å². The van der Waals surface area contributed by atoms with Gasteiger partial charge in [-0.2, -0.15) is 0 Å². The predicted octanol–water partition coefficient (Wildman–Crippen LogP) is 2.96. The smallest absolute Gasteiger partial charge is 0.0000114 e. The molecule has 0 bridgehead atoms. The van der Waals surface area contributed by atoms with Gasteiger partial charge in [-0.3, -0.25) is 0 Å². The van der Waals surface area contributed by atoms with Gasteiger partial charge in [0, 0.05) is 5.41 Å². The summed E-state index contributed by atoms with van der Waals surface area (Å²) in [6, 6.07) is 11.0. The highest BCUT2D eigenvalue weighted by Crippen LogP contribution is 2.40. The molecule has 1 aromatic rings. The Hall–Kier alpha value is -0.820. The van der Waals surface area contributed by atoms with E-state index in [1.165, 1.54) is 18.4 Å². The molecule has 1 nitrogen and oxygen atoms in total. The van der Waals surface area contributed by atoms with Crippen molar-refractivity contribution in [3.05, 3.63) is 35.9 Å². The zero-order valence-corrected chi connectivity index (χ0v) is 9.79. The second kappa shape index (κ2) is 4.36. The van der Waals surface area contributed by atoms with Gasteiger partial charge < -0.3 is 5.32 Å². The molecule has 1 aliphatic heterocycles. The van der Waals surface area contributed by atoms with E-state index in [9.17, 15) is 0 Å². The van der Waals surface area contributed by atoms with Crippen LogP contribution in [0.3, 0.4) is 0 Å². The maximum absolute atomic E-state index is 3.49. The van der Waals surface area contributed by atoms with Gasteiger partial charge in [0.05, 0.1) is 0 Å². The van der Waals surface area contributed by atoms with Crippen LogP contribution in [-0.4, -0.2) is 13.1 Å². The van der Waals surface area contributed by atoms with Crippen LogP contribution in [0, 0.1) is 5.92 Å². The molecule has 1 N–H and O–H groups in total. The molecule has 0 radical (unpaired) electrons. The molecule has 2 unspecified atom stereocenters. The molecule has 0 saturated carbocycles. The van der Waals surface area contributed by atoms with E-state index in [0.717, 1.165) is 19.0 Å². The lowest BCUT2D eigenvalue weighted by atomic mass is 9.65. The summed E-state index contributed by atoms with van der Waals surface area (Å²) >= 11 is 0.